The van der Waals surface area contributed by atoms with E-state index >= 15 is 0 Å². The van der Waals surface area contributed by atoms with Crippen molar-refractivity contribution in [2.45, 2.75) is 45.7 Å². The molecule has 0 spiro atoms. The Morgan fingerprint density at radius 3 is 2.59 bits per heavy atom. The quantitative estimate of drug-likeness (QED) is 0.665. The topological polar surface area (TPSA) is 53.2 Å². The highest BCUT2D eigenvalue weighted by atomic mass is 32.2. The maximum Gasteiger partial charge on any atom is 0.315 e. The van der Waals surface area contributed by atoms with Crippen molar-refractivity contribution in [2.75, 3.05) is 25.1 Å². The second kappa shape index (κ2) is 8.64. The van der Waals surface area contributed by atoms with Gasteiger partial charge in [0.1, 0.15) is 0 Å². The molecule has 4 nitrogen and oxygen atoms in total. The first-order valence-electron chi connectivity index (χ1n) is 6.43. The molecule has 17 heavy (non-hydrogen) atoms. The molecule has 0 radical (unpaired) electrons. The highest BCUT2D eigenvalue weighted by molar-refractivity contribution is 7.99. The van der Waals surface area contributed by atoms with Gasteiger partial charge in [-0.3, -0.25) is 0 Å². The van der Waals surface area contributed by atoms with Crippen molar-refractivity contribution in [2.24, 2.45) is 0 Å². The Hall–Kier alpha value is -0.420. The van der Waals surface area contributed by atoms with E-state index in [0.29, 0.717) is 6.04 Å². The Bertz CT molecular complexity index is 224. The highest BCUT2D eigenvalue weighted by Gasteiger charge is 2.46. The summed E-state index contributed by atoms with van der Waals surface area (Å²) in [6.07, 6.45) is 1.23. The van der Waals surface area contributed by atoms with E-state index in [1.807, 2.05) is 32.7 Å². The molecule has 102 valence electrons. The molecule has 5 heteroatoms. The number of rotatable bonds is 2. The van der Waals surface area contributed by atoms with Crippen molar-refractivity contribution in [1.29, 1.82) is 0 Å². The van der Waals surface area contributed by atoms with Gasteiger partial charge in [-0.2, -0.15) is 11.8 Å². The molecule has 2 heterocycles. The molecule has 2 amide bonds. The molecule has 2 atom stereocenters. The molecule has 0 aromatic rings. The zero-order valence-electron chi connectivity index (χ0n) is 11.7. The maximum absolute atomic E-state index is 10.8. The van der Waals surface area contributed by atoms with Crippen LogP contribution in [0.2, 0.25) is 0 Å². The lowest BCUT2D eigenvalue weighted by atomic mass is 9.99. The number of fused-ring (bicyclic) bond motifs is 1. The van der Waals surface area contributed by atoms with Crippen LogP contribution in [0.1, 0.15) is 34.1 Å². The minimum absolute atomic E-state index is 0.00667. The molecule has 2 rings (SSSR count). The summed E-state index contributed by atoms with van der Waals surface area (Å²) in [5, 5.41) is 8.82. The van der Waals surface area contributed by atoms with E-state index in [4.69, 9.17) is 0 Å². The number of hydrogen-bond donors (Lipinski definition) is 3. The van der Waals surface area contributed by atoms with Crippen LogP contribution in [0.3, 0.4) is 0 Å². The largest absolute Gasteiger partial charge is 0.332 e. The van der Waals surface area contributed by atoms with Gasteiger partial charge in [-0.25, -0.2) is 4.79 Å². The van der Waals surface area contributed by atoms with Crippen LogP contribution in [0, 0.1) is 0 Å². The summed E-state index contributed by atoms with van der Waals surface area (Å²) in [6, 6.07) is 0.345. The monoisotopic (exact) mass is 261 g/mol. The molecule has 2 aliphatic rings. The van der Waals surface area contributed by atoms with Gasteiger partial charge >= 0.3 is 6.03 Å². The van der Waals surface area contributed by atoms with Gasteiger partial charge in [-0.1, -0.05) is 20.8 Å². The van der Waals surface area contributed by atoms with E-state index in [2.05, 4.69) is 29.8 Å². The van der Waals surface area contributed by atoms with E-state index in [1.165, 1.54) is 6.42 Å². The van der Waals surface area contributed by atoms with E-state index in [1.54, 1.807) is 0 Å². The number of amides is 2. The van der Waals surface area contributed by atoms with Crippen molar-refractivity contribution < 1.29 is 4.79 Å². The van der Waals surface area contributed by atoms with Gasteiger partial charge in [0.05, 0.1) is 11.6 Å². The Balaban J connectivity index is 0.000000315. The van der Waals surface area contributed by atoms with Gasteiger partial charge < -0.3 is 16.0 Å². The average molecular weight is 261 g/mol. The Kier molecular flexibility index (Phi) is 8.43. The fourth-order valence-corrected chi connectivity index (χ4v) is 3.20. The summed E-state index contributed by atoms with van der Waals surface area (Å²) in [5.41, 5.74) is 0.0295. The zero-order valence-corrected chi connectivity index (χ0v) is 12.5. The first kappa shape index (κ1) is 16.6. The van der Waals surface area contributed by atoms with Crippen LogP contribution < -0.4 is 16.0 Å². The third-order valence-corrected chi connectivity index (χ3v) is 4.03. The second-order valence-corrected chi connectivity index (χ2v) is 5.22. The number of carbonyl (C=O) groups is 1. The number of urea groups is 1. The van der Waals surface area contributed by atoms with Gasteiger partial charge in [-0.05, 0) is 26.9 Å². The van der Waals surface area contributed by atoms with E-state index in [-0.39, 0.29) is 11.6 Å². The van der Waals surface area contributed by atoms with Crippen LogP contribution >= 0.6 is 11.8 Å². The molecular weight excluding hydrogens is 234 g/mol. The van der Waals surface area contributed by atoms with E-state index < -0.39 is 0 Å². The SMILES string of the molecule is CC.CC12CSCC1NC(=O)N2.CCCNC. The first-order valence-corrected chi connectivity index (χ1v) is 7.59. The zero-order chi connectivity index (χ0) is 13.3. The fourth-order valence-electron chi connectivity index (χ4n) is 1.70. The predicted molar refractivity (Wildman–Crippen MR) is 76.8 cm³/mol. The van der Waals surface area contributed by atoms with Crippen molar-refractivity contribution in [3.05, 3.63) is 0 Å². The lowest BCUT2D eigenvalue weighted by Gasteiger charge is -2.20. The third kappa shape index (κ3) is 5.17. The van der Waals surface area contributed by atoms with Crippen LogP contribution in [-0.4, -0.2) is 42.7 Å². The summed E-state index contributed by atoms with van der Waals surface area (Å²) in [4.78, 5) is 10.8. The van der Waals surface area contributed by atoms with E-state index in [9.17, 15) is 4.79 Å². The van der Waals surface area contributed by atoms with Crippen LogP contribution in [0.5, 0.6) is 0 Å². The number of hydrogen-bond acceptors (Lipinski definition) is 3. The second-order valence-electron chi connectivity index (χ2n) is 4.19. The van der Waals surface area contributed by atoms with Gasteiger partial charge in [0.25, 0.3) is 0 Å². The van der Waals surface area contributed by atoms with E-state index in [0.717, 1.165) is 18.1 Å². The van der Waals surface area contributed by atoms with Crippen molar-refractivity contribution in [1.82, 2.24) is 16.0 Å². The van der Waals surface area contributed by atoms with Crippen LogP contribution in [0.4, 0.5) is 4.79 Å². The molecule has 0 aromatic carbocycles. The Morgan fingerprint density at radius 1 is 1.53 bits per heavy atom. The molecule has 2 unspecified atom stereocenters. The normalized spacial score (nSPS) is 29.0. The van der Waals surface area contributed by atoms with Crippen LogP contribution in [-0.2, 0) is 0 Å². The average Bonchev–Trinajstić information content (AvgIpc) is 2.76. The summed E-state index contributed by atoms with van der Waals surface area (Å²) in [6.45, 7) is 9.38. The summed E-state index contributed by atoms with van der Waals surface area (Å²) >= 11 is 1.89. The third-order valence-electron chi connectivity index (χ3n) is 2.66. The Labute approximate surface area is 110 Å². The maximum atomic E-state index is 10.8. The molecule has 0 aliphatic carbocycles. The van der Waals surface area contributed by atoms with Crippen molar-refractivity contribution in [3.8, 4) is 0 Å². The summed E-state index contributed by atoms with van der Waals surface area (Å²) in [7, 11) is 1.96. The number of thioether (sulfide) groups is 1. The lowest BCUT2D eigenvalue weighted by molar-refractivity contribution is 0.246. The number of carbonyl (C=O) groups excluding carboxylic acids is 1. The molecule has 2 fully saturated rings. The smallest absolute Gasteiger partial charge is 0.315 e. The molecule has 0 aromatic heterocycles. The standard InChI is InChI=1S/C6H10N2OS.C4H11N.C2H6/c1-6-3-10-2-4(6)7-5(9)8-6;1-3-4-5-2;1-2/h4H,2-3H2,1H3,(H2,7,8,9);5H,3-4H2,1-2H3;1-2H3. The van der Waals surface area contributed by atoms with Gasteiger partial charge in [0.2, 0.25) is 0 Å². The summed E-state index contributed by atoms with van der Waals surface area (Å²) in [5.74, 6) is 2.09. The molecule has 2 saturated heterocycles. The van der Waals surface area contributed by atoms with Gasteiger partial charge in [-0.15, -0.1) is 0 Å². The van der Waals surface area contributed by atoms with Crippen LogP contribution in [0.15, 0.2) is 0 Å². The molecule has 0 saturated carbocycles. The van der Waals surface area contributed by atoms with Gasteiger partial charge in [0, 0.05) is 11.5 Å². The minimum Gasteiger partial charge on any atom is -0.332 e. The molecule has 2 aliphatic heterocycles. The Morgan fingerprint density at radius 2 is 2.18 bits per heavy atom. The van der Waals surface area contributed by atoms with Crippen LogP contribution in [0.25, 0.3) is 0 Å². The lowest BCUT2D eigenvalue weighted by Crippen LogP contribution is -2.45. The van der Waals surface area contributed by atoms with Crippen molar-refractivity contribution >= 4 is 17.8 Å². The molecule has 0 bridgehead atoms. The molecule has 3 N–H and O–H groups in total. The first-order chi connectivity index (χ1) is 8.12. The van der Waals surface area contributed by atoms with Gasteiger partial charge in [0.15, 0.2) is 0 Å². The number of nitrogens with one attached hydrogen (secondary N) is 3. The minimum atomic E-state index is -0.00667. The predicted octanol–water partition coefficient (Wildman–Crippen LogP) is 1.82. The van der Waals surface area contributed by atoms with Crippen molar-refractivity contribution in [3.63, 3.8) is 0 Å². The molecular formula is C12H27N3OS. The summed E-state index contributed by atoms with van der Waals surface area (Å²) < 4.78 is 0. The fraction of sp³-hybridized carbons (Fsp3) is 0.917. The highest BCUT2D eigenvalue weighted by Crippen LogP contribution is 2.30.